The van der Waals surface area contributed by atoms with Gasteiger partial charge in [0.15, 0.2) is 0 Å². The summed E-state index contributed by atoms with van der Waals surface area (Å²) in [6, 6.07) is 2.07. The van der Waals surface area contributed by atoms with E-state index in [-0.39, 0.29) is 5.41 Å². The number of aromatic nitrogens is 1. The summed E-state index contributed by atoms with van der Waals surface area (Å²) in [5, 5.41) is 0.591. The first kappa shape index (κ1) is 27.1. The number of halogens is 1. The second-order valence-corrected chi connectivity index (χ2v) is 6.27. The minimum Gasteiger partial charge on any atom is -0.244 e. The highest BCUT2D eigenvalue weighted by atomic mass is 35.5. The normalized spacial score (nSPS) is 16.5. The molecule has 1 aromatic rings. The van der Waals surface area contributed by atoms with Crippen molar-refractivity contribution in [2.75, 3.05) is 0 Å². The minimum atomic E-state index is 0.131. The molecule has 1 atom stereocenters. The molecule has 0 bridgehead atoms. The third-order valence-corrected chi connectivity index (χ3v) is 4.90. The average Bonchev–Trinajstić information content (AvgIpc) is 2.78. The van der Waals surface area contributed by atoms with E-state index < -0.39 is 0 Å². The van der Waals surface area contributed by atoms with E-state index in [4.69, 9.17) is 11.6 Å². The van der Waals surface area contributed by atoms with E-state index in [1.807, 2.05) is 47.7 Å². The summed E-state index contributed by atoms with van der Waals surface area (Å²) < 4.78 is 0. The molecule has 0 N–H and O–H groups in total. The second kappa shape index (κ2) is 15.0. The Balaban J connectivity index is 0. The average molecular weight is 380 g/mol. The number of fused-ring (bicyclic) bond motifs is 1. The third-order valence-electron chi connectivity index (χ3n) is 4.69. The smallest absolute Gasteiger partial charge is 0.129 e. The van der Waals surface area contributed by atoms with E-state index in [2.05, 4.69) is 50.6 Å². The Kier molecular flexibility index (Phi) is 15.7. The third kappa shape index (κ3) is 6.58. The van der Waals surface area contributed by atoms with Gasteiger partial charge < -0.3 is 0 Å². The van der Waals surface area contributed by atoms with Crippen LogP contribution >= 0.6 is 11.6 Å². The molecule has 0 fully saturated rings. The van der Waals surface area contributed by atoms with Gasteiger partial charge in [0.1, 0.15) is 5.15 Å². The van der Waals surface area contributed by atoms with Crippen LogP contribution in [-0.4, -0.2) is 4.98 Å². The number of hydrogen-bond donors (Lipinski definition) is 0. The predicted molar refractivity (Wildman–Crippen MR) is 122 cm³/mol. The maximum atomic E-state index is 6.18. The van der Waals surface area contributed by atoms with Crippen LogP contribution in [0.5, 0.6) is 0 Å². The molecule has 150 valence electrons. The Hall–Kier alpha value is -1.08. The van der Waals surface area contributed by atoms with Gasteiger partial charge in [0.25, 0.3) is 0 Å². The molecular formula is C24H42ClN. The fourth-order valence-corrected chi connectivity index (χ4v) is 3.81. The molecule has 0 saturated carbocycles. The van der Waals surface area contributed by atoms with E-state index in [1.54, 1.807) is 0 Å². The lowest BCUT2D eigenvalue weighted by Crippen LogP contribution is -2.34. The lowest BCUT2D eigenvalue weighted by molar-refractivity contribution is 0.276. The quantitative estimate of drug-likeness (QED) is 0.476. The van der Waals surface area contributed by atoms with Crippen LogP contribution in [0.4, 0.5) is 0 Å². The van der Waals surface area contributed by atoms with Crippen LogP contribution in [0.2, 0.25) is 5.15 Å². The topological polar surface area (TPSA) is 12.9 Å². The van der Waals surface area contributed by atoms with Crippen molar-refractivity contribution in [2.24, 2.45) is 5.92 Å². The van der Waals surface area contributed by atoms with Crippen molar-refractivity contribution in [3.8, 4) is 0 Å². The van der Waals surface area contributed by atoms with Gasteiger partial charge >= 0.3 is 0 Å². The SMILES string of the molecule is C=C1C=Cc2cnc(Cl)cc2C(CCC)(CCC)C1C.CC.CC.CC. The number of pyridine rings is 1. The molecule has 1 aromatic heterocycles. The van der Waals surface area contributed by atoms with E-state index in [9.17, 15) is 0 Å². The van der Waals surface area contributed by atoms with E-state index >= 15 is 0 Å². The molecule has 1 heterocycles. The van der Waals surface area contributed by atoms with Gasteiger partial charge in [0, 0.05) is 11.6 Å². The van der Waals surface area contributed by atoms with E-state index in [0.29, 0.717) is 11.1 Å². The lowest BCUT2D eigenvalue weighted by atomic mass is 9.63. The molecular weight excluding hydrogens is 338 g/mol. The van der Waals surface area contributed by atoms with Crippen LogP contribution in [0.3, 0.4) is 0 Å². The monoisotopic (exact) mass is 379 g/mol. The first-order valence-corrected chi connectivity index (χ1v) is 11.0. The van der Waals surface area contributed by atoms with Gasteiger partial charge in [-0.05, 0) is 36.0 Å². The van der Waals surface area contributed by atoms with Crippen molar-refractivity contribution in [3.63, 3.8) is 0 Å². The van der Waals surface area contributed by atoms with Gasteiger partial charge in [-0.3, -0.25) is 0 Å². The van der Waals surface area contributed by atoms with Gasteiger partial charge in [-0.1, -0.05) is 111 Å². The van der Waals surface area contributed by atoms with Crippen molar-refractivity contribution >= 4 is 17.7 Å². The van der Waals surface area contributed by atoms with Crippen LogP contribution < -0.4 is 0 Å². The minimum absolute atomic E-state index is 0.131. The zero-order chi connectivity index (χ0) is 20.8. The zero-order valence-electron chi connectivity index (χ0n) is 18.7. The first-order chi connectivity index (χ1) is 12.5. The van der Waals surface area contributed by atoms with Gasteiger partial charge in [0.2, 0.25) is 0 Å². The van der Waals surface area contributed by atoms with Crippen LogP contribution in [0.15, 0.2) is 30.5 Å². The maximum absolute atomic E-state index is 6.18. The first-order valence-electron chi connectivity index (χ1n) is 10.6. The summed E-state index contributed by atoms with van der Waals surface area (Å²) in [7, 11) is 0. The molecule has 0 aliphatic heterocycles. The highest BCUT2D eigenvalue weighted by molar-refractivity contribution is 6.29. The summed E-state index contributed by atoms with van der Waals surface area (Å²) in [5.41, 5.74) is 3.89. The van der Waals surface area contributed by atoms with Crippen molar-refractivity contribution in [1.29, 1.82) is 0 Å². The summed E-state index contributed by atoms with van der Waals surface area (Å²) in [6.07, 6.45) is 10.8. The summed E-state index contributed by atoms with van der Waals surface area (Å²) in [5.74, 6) is 0.429. The number of nitrogens with zero attached hydrogens (tertiary/aromatic N) is 1. The molecule has 1 unspecified atom stereocenters. The van der Waals surface area contributed by atoms with E-state index in [0.717, 1.165) is 25.7 Å². The van der Waals surface area contributed by atoms with Gasteiger partial charge in [-0.25, -0.2) is 4.98 Å². The predicted octanol–water partition coefficient (Wildman–Crippen LogP) is 8.87. The Bertz CT molecular complexity index is 525. The highest BCUT2D eigenvalue weighted by Gasteiger charge is 2.39. The Morgan fingerprint density at radius 1 is 1.00 bits per heavy atom. The molecule has 1 nitrogen and oxygen atoms in total. The fraction of sp³-hybridized carbons (Fsp3) is 0.625. The molecule has 0 radical (unpaired) electrons. The molecule has 2 rings (SSSR count). The Labute approximate surface area is 169 Å². The van der Waals surface area contributed by atoms with Crippen LogP contribution in [0.25, 0.3) is 6.08 Å². The van der Waals surface area contributed by atoms with Crippen molar-refractivity contribution < 1.29 is 0 Å². The summed E-state index contributed by atoms with van der Waals surface area (Å²) in [6.45, 7) is 23.1. The van der Waals surface area contributed by atoms with Gasteiger partial charge in [-0.15, -0.1) is 0 Å². The number of hydrogen-bond acceptors (Lipinski definition) is 1. The highest BCUT2D eigenvalue weighted by Crippen LogP contribution is 2.47. The Morgan fingerprint density at radius 3 is 1.96 bits per heavy atom. The van der Waals surface area contributed by atoms with Gasteiger partial charge in [0.05, 0.1) is 0 Å². The molecule has 1 aliphatic carbocycles. The summed E-state index contributed by atoms with van der Waals surface area (Å²) in [4.78, 5) is 4.25. The summed E-state index contributed by atoms with van der Waals surface area (Å²) >= 11 is 6.18. The lowest BCUT2D eigenvalue weighted by Gasteiger charge is -2.40. The van der Waals surface area contributed by atoms with Crippen LogP contribution in [0.1, 0.15) is 99.1 Å². The van der Waals surface area contributed by atoms with Crippen LogP contribution in [-0.2, 0) is 5.41 Å². The molecule has 1 aliphatic rings. The zero-order valence-corrected chi connectivity index (χ0v) is 19.5. The standard InChI is InChI=1S/C18H24ClN.3C2H6/c1-5-9-18(10-6-2)14(4)13(3)7-8-15-12-20-17(19)11-16(15)18;3*1-2/h7-8,11-12,14H,3,5-6,9-10H2,1-2,4H3;3*1-2H3. The molecule has 0 aromatic carbocycles. The van der Waals surface area contributed by atoms with Crippen LogP contribution in [0, 0.1) is 5.92 Å². The maximum Gasteiger partial charge on any atom is 0.129 e. The number of rotatable bonds is 4. The Morgan fingerprint density at radius 2 is 1.50 bits per heavy atom. The van der Waals surface area contributed by atoms with Crippen molar-refractivity contribution in [3.05, 3.63) is 46.8 Å². The van der Waals surface area contributed by atoms with Crippen molar-refractivity contribution in [2.45, 2.75) is 93.4 Å². The fourth-order valence-electron chi connectivity index (χ4n) is 3.65. The number of allylic oxidation sites excluding steroid dienone is 2. The molecule has 2 heteroatoms. The second-order valence-electron chi connectivity index (χ2n) is 5.88. The van der Waals surface area contributed by atoms with E-state index in [1.165, 1.54) is 16.7 Å². The van der Waals surface area contributed by atoms with Gasteiger partial charge in [-0.2, -0.15) is 0 Å². The van der Waals surface area contributed by atoms with Crippen molar-refractivity contribution in [1.82, 2.24) is 4.98 Å². The largest absolute Gasteiger partial charge is 0.244 e. The molecule has 0 saturated heterocycles. The molecule has 26 heavy (non-hydrogen) atoms. The molecule has 0 amide bonds. The molecule has 0 spiro atoms.